The number of hydrogen-bond acceptors (Lipinski definition) is 3. The van der Waals surface area contributed by atoms with E-state index in [1.54, 1.807) is 0 Å². The second-order valence-corrected chi connectivity index (χ2v) is 6.49. The molecule has 118 valence electrons. The lowest BCUT2D eigenvalue weighted by Crippen LogP contribution is -2.37. The largest absolute Gasteiger partial charge is 0.378 e. The Labute approximate surface area is 130 Å². The number of anilines is 1. The summed E-state index contributed by atoms with van der Waals surface area (Å²) in [6, 6.07) is 9.32. The molecule has 1 heterocycles. The molecule has 1 unspecified atom stereocenters. The van der Waals surface area contributed by atoms with Crippen LogP contribution in [0.1, 0.15) is 38.3 Å². The molecule has 3 heteroatoms. The summed E-state index contributed by atoms with van der Waals surface area (Å²) in [5.41, 5.74) is 2.64. The van der Waals surface area contributed by atoms with E-state index in [1.165, 1.54) is 43.7 Å². The van der Waals surface area contributed by atoms with E-state index in [0.29, 0.717) is 6.04 Å². The predicted octanol–water partition coefficient (Wildman–Crippen LogP) is 3.14. The molecule has 0 radical (unpaired) electrons. The third-order valence-corrected chi connectivity index (χ3v) is 4.78. The van der Waals surface area contributed by atoms with Crippen molar-refractivity contribution in [1.82, 2.24) is 10.2 Å². The highest BCUT2D eigenvalue weighted by molar-refractivity contribution is 5.46. The normalized spacial score (nSPS) is 18.7. The average molecular weight is 289 g/mol. The first kappa shape index (κ1) is 16.3. The van der Waals surface area contributed by atoms with Gasteiger partial charge in [0.05, 0.1) is 0 Å². The Balaban J connectivity index is 1.78. The molecule has 1 aromatic carbocycles. The van der Waals surface area contributed by atoms with Crippen LogP contribution in [0.25, 0.3) is 0 Å². The van der Waals surface area contributed by atoms with Gasteiger partial charge in [-0.05, 0) is 69.6 Å². The van der Waals surface area contributed by atoms with Gasteiger partial charge in [-0.1, -0.05) is 19.1 Å². The fraction of sp³-hybridized carbons (Fsp3) is 0.667. The van der Waals surface area contributed by atoms with Gasteiger partial charge in [0, 0.05) is 25.8 Å². The van der Waals surface area contributed by atoms with Gasteiger partial charge in [-0.2, -0.15) is 0 Å². The molecule has 0 spiro atoms. The summed E-state index contributed by atoms with van der Waals surface area (Å²) in [7, 11) is 4.17. The van der Waals surface area contributed by atoms with E-state index in [4.69, 9.17) is 0 Å². The Morgan fingerprint density at radius 3 is 2.33 bits per heavy atom. The highest BCUT2D eigenvalue weighted by atomic mass is 15.1. The van der Waals surface area contributed by atoms with Crippen LogP contribution in [-0.2, 0) is 0 Å². The van der Waals surface area contributed by atoms with Crippen LogP contribution in [0.15, 0.2) is 24.3 Å². The summed E-state index contributed by atoms with van der Waals surface area (Å²) in [5.74, 6) is 0.844. The Bertz CT molecular complexity index is 405. The predicted molar refractivity (Wildman–Crippen MR) is 92.0 cm³/mol. The van der Waals surface area contributed by atoms with Gasteiger partial charge in [-0.3, -0.25) is 0 Å². The summed E-state index contributed by atoms with van der Waals surface area (Å²) in [6.07, 6.45) is 2.68. The summed E-state index contributed by atoms with van der Waals surface area (Å²) >= 11 is 0. The Morgan fingerprint density at radius 2 is 1.81 bits per heavy atom. The van der Waals surface area contributed by atoms with E-state index in [9.17, 15) is 0 Å². The molecule has 1 fully saturated rings. The number of nitrogens with zero attached hydrogens (tertiary/aromatic N) is 2. The molecular formula is C18H31N3. The van der Waals surface area contributed by atoms with E-state index in [1.807, 2.05) is 0 Å². The zero-order valence-corrected chi connectivity index (χ0v) is 14.1. The van der Waals surface area contributed by atoms with Crippen molar-refractivity contribution < 1.29 is 0 Å². The van der Waals surface area contributed by atoms with Gasteiger partial charge < -0.3 is 15.1 Å². The monoisotopic (exact) mass is 289 g/mol. The highest BCUT2D eigenvalue weighted by Crippen LogP contribution is 2.20. The van der Waals surface area contributed by atoms with Crippen LogP contribution in [0.2, 0.25) is 0 Å². The van der Waals surface area contributed by atoms with Gasteiger partial charge in [0.15, 0.2) is 0 Å². The Morgan fingerprint density at radius 1 is 1.19 bits per heavy atom. The van der Waals surface area contributed by atoms with Crippen LogP contribution >= 0.6 is 0 Å². The van der Waals surface area contributed by atoms with Gasteiger partial charge in [0.1, 0.15) is 0 Å². The maximum atomic E-state index is 3.72. The molecule has 21 heavy (non-hydrogen) atoms. The Hall–Kier alpha value is -1.06. The van der Waals surface area contributed by atoms with E-state index in [0.717, 1.165) is 12.5 Å². The molecule has 0 bridgehead atoms. The molecule has 0 aliphatic carbocycles. The van der Waals surface area contributed by atoms with E-state index >= 15 is 0 Å². The maximum Gasteiger partial charge on any atom is 0.0361 e. The van der Waals surface area contributed by atoms with Gasteiger partial charge in [0.25, 0.3) is 0 Å². The van der Waals surface area contributed by atoms with Crippen molar-refractivity contribution in [2.24, 2.45) is 5.92 Å². The molecule has 1 aromatic rings. The maximum absolute atomic E-state index is 3.72. The average Bonchev–Trinajstić information content (AvgIpc) is 2.53. The van der Waals surface area contributed by atoms with Gasteiger partial charge in [-0.15, -0.1) is 0 Å². The highest BCUT2D eigenvalue weighted by Gasteiger charge is 2.18. The van der Waals surface area contributed by atoms with Crippen LogP contribution in [0.3, 0.4) is 0 Å². The minimum absolute atomic E-state index is 0.436. The van der Waals surface area contributed by atoms with Crippen molar-refractivity contribution in [2.75, 3.05) is 45.2 Å². The molecule has 0 aromatic heterocycles. The van der Waals surface area contributed by atoms with Crippen molar-refractivity contribution in [3.8, 4) is 0 Å². The topological polar surface area (TPSA) is 18.5 Å². The summed E-state index contributed by atoms with van der Waals surface area (Å²) in [5, 5.41) is 3.72. The summed E-state index contributed by atoms with van der Waals surface area (Å²) in [4.78, 5) is 4.70. The van der Waals surface area contributed by atoms with Crippen LogP contribution in [0.5, 0.6) is 0 Å². The first-order chi connectivity index (χ1) is 10.1. The second kappa shape index (κ2) is 7.81. The van der Waals surface area contributed by atoms with Crippen molar-refractivity contribution in [3.05, 3.63) is 29.8 Å². The third-order valence-electron chi connectivity index (χ3n) is 4.78. The smallest absolute Gasteiger partial charge is 0.0361 e. The molecule has 1 aliphatic rings. The second-order valence-electron chi connectivity index (χ2n) is 6.49. The van der Waals surface area contributed by atoms with Gasteiger partial charge in [0.2, 0.25) is 0 Å². The lowest BCUT2D eigenvalue weighted by atomic mass is 9.96. The van der Waals surface area contributed by atoms with E-state index in [2.05, 4.69) is 67.3 Å². The number of hydrogen-bond donors (Lipinski definition) is 1. The SMILES string of the molecule is CCN1CCC(CNC(C)c2ccc(N(C)C)cc2)CC1. The van der Waals surface area contributed by atoms with Gasteiger partial charge >= 0.3 is 0 Å². The fourth-order valence-electron chi connectivity index (χ4n) is 3.03. The number of likely N-dealkylation sites (tertiary alicyclic amines) is 1. The molecule has 1 saturated heterocycles. The van der Waals surface area contributed by atoms with E-state index in [-0.39, 0.29) is 0 Å². The zero-order valence-electron chi connectivity index (χ0n) is 14.1. The first-order valence-corrected chi connectivity index (χ1v) is 8.33. The van der Waals surface area contributed by atoms with Crippen molar-refractivity contribution in [2.45, 2.75) is 32.7 Å². The molecule has 0 amide bonds. The van der Waals surface area contributed by atoms with Crippen molar-refractivity contribution in [1.29, 1.82) is 0 Å². The summed E-state index contributed by atoms with van der Waals surface area (Å²) in [6.45, 7) is 9.43. The number of benzene rings is 1. The first-order valence-electron chi connectivity index (χ1n) is 8.33. The molecule has 1 N–H and O–H groups in total. The molecule has 1 aliphatic heterocycles. The molecular weight excluding hydrogens is 258 g/mol. The standard InChI is InChI=1S/C18H31N3/c1-5-21-12-10-16(11-13-21)14-19-15(2)17-6-8-18(9-7-17)20(3)4/h6-9,15-16,19H,5,10-14H2,1-4H3. The van der Waals surface area contributed by atoms with E-state index < -0.39 is 0 Å². The minimum atomic E-state index is 0.436. The number of piperidine rings is 1. The third kappa shape index (κ3) is 4.72. The summed E-state index contributed by atoms with van der Waals surface area (Å²) < 4.78 is 0. The zero-order chi connectivity index (χ0) is 15.2. The Kier molecular flexibility index (Phi) is 6.07. The molecule has 0 saturated carbocycles. The fourth-order valence-corrected chi connectivity index (χ4v) is 3.03. The number of nitrogens with one attached hydrogen (secondary N) is 1. The quantitative estimate of drug-likeness (QED) is 0.868. The number of rotatable bonds is 6. The van der Waals surface area contributed by atoms with Crippen LogP contribution in [-0.4, -0.2) is 45.2 Å². The molecule has 3 nitrogen and oxygen atoms in total. The molecule has 1 atom stereocenters. The van der Waals surface area contributed by atoms with Crippen LogP contribution < -0.4 is 10.2 Å². The van der Waals surface area contributed by atoms with Crippen molar-refractivity contribution in [3.63, 3.8) is 0 Å². The van der Waals surface area contributed by atoms with Crippen LogP contribution in [0, 0.1) is 5.92 Å². The van der Waals surface area contributed by atoms with Crippen LogP contribution in [0.4, 0.5) is 5.69 Å². The van der Waals surface area contributed by atoms with Crippen molar-refractivity contribution >= 4 is 5.69 Å². The van der Waals surface area contributed by atoms with Gasteiger partial charge in [-0.25, -0.2) is 0 Å². The molecule has 2 rings (SSSR count). The minimum Gasteiger partial charge on any atom is -0.378 e. The lowest BCUT2D eigenvalue weighted by Gasteiger charge is -2.31. The lowest BCUT2D eigenvalue weighted by molar-refractivity contribution is 0.188.